The van der Waals surface area contributed by atoms with Crippen LogP contribution in [-0.4, -0.2) is 15.8 Å². The van der Waals surface area contributed by atoms with Crippen molar-refractivity contribution in [1.82, 2.24) is 9.13 Å². The third-order valence-corrected chi connectivity index (χ3v) is 27.7. The SMILES string of the molecule is CC(C)(C)c1cc(-c2cc(-c3ccccc3C#N)cc(-c3cccc(-c4ccccc4)c3)c2N2c3cc(-n4c5ccccc5c5ccccc54)ccc3B3c4ccc(-n5c6ccccc6c6ccccc65)cc4N(c4c(-c5cccc(-c6ccccc6)c5)cc(-c5ccccc5C#N)cc4-c4cc(C(C)(C)C)cc(C(C)(C)C)c4)c4cc(-c5ccccc5)cc2c43)cc(C(C)(C)C)c1. The van der Waals surface area contributed by atoms with E-state index in [1.807, 2.05) is 24.3 Å². The van der Waals surface area contributed by atoms with Crippen molar-refractivity contribution in [3.05, 3.63) is 428 Å². The van der Waals surface area contributed by atoms with Gasteiger partial charge in [-0.1, -0.05) is 368 Å². The summed E-state index contributed by atoms with van der Waals surface area (Å²) >= 11 is 0. The summed E-state index contributed by atoms with van der Waals surface area (Å²) in [4.78, 5) is 5.42. The van der Waals surface area contributed by atoms with Gasteiger partial charge in [0.05, 0.1) is 56.7 Å². The molecule has 0 bridgehead atoms. The Labute approximate surface area is 781 Å². The molecule has 2 aliphatic heterocycles. The van der Waals surface area contributed by atoms with Gasteiger partial charge in [0.25, 0.3) is 6.71 Å². The molecule has 2 aliphatic rings. The highest BCUT2D eigenvalue weighted by atomic mass is 15.2. The molecule has 0 saturated carbocycles. The monoisotopic (exact) mass is 1710 g/mol. The second kappa shape index (κ2) is 32.1. The molecular weight excluding hydrogens is 1610 g/mol. The minimum absolute atomic E-state index is 0.294. The topological polar surface area (TPSA) is 63.9 Å². The molecule has 0 fully saturated rings. The Morgan fingerprint density at radius 1 is 0.218 bits per heavy atom. The summed E-state index contributed by atoms with van der Waals surface area (Å²) in [6.07, 6.45) is 0. The molecule has 0 spiro atoms. The van der Waals surface area contributed by atoms with Crippen LogP contribution in [0.1, 0.15) is 116 Å². The van der Waals surface area contributed by atoms with Crippen molar-refractivity contribution in [3.63, 3.8) is 0 Å². The smallest absolute Gasteiger partial charge is 0.252 e. The maximum Gasteiger partial charge on any atom is 0.252 e. The molecule has 0 unspecified atom stereocenters. The number of nitriles is 2. The van der Waals surface area contributed by atoms with Crippen LogP contribution in [0.2, 0.25) is 0 Å². The van der Waals surface area contributed by atoms with Crippen LogP contribution in [0.25, 0.3) is 155 Å². The first-order chi connectivity index (χ1) is 64.4. The summed E-state index contributed by atoms with van der Waals surface area (Å²) < 4.78 is 4.98. The second-order valence-electron chi connectivity index (χ2n) is 40.3. The summed E-state index contributed by atoms with van der Waals surface area (Å²) in [7, 11) is 0. The highest BCUT2D eigenvalue weighted by Crippen LogP contribution is 2.58. The fraction of sp³-hybridized carbons (Fsp3) is 0.127. The molecule has 0 aliphatic carbocycles. The van der Waals surface area contributed by atoms with Gasteiger partial charge in [-0.05, 0) is 247 Å². The zero-order valence-electron chi connectivity index (χ0n) is 77.3. The normalized spacial score (nSPS) is 12.6. The molecule has 0 saturated heterocycles. The molecule has 6 nitrogen and oxygen atoms in total. The van der Waals surface area contributed by atoms with Gasteiger partial charge in [0.1, 0.15) is 0 Å². The third kappa shape index (κ3) is 14.4. The summed E-state index contributed by atoms with van der Waals surface area (Å²) in [5.74, 6) is 0. The maximum atomic E-state index is 11.5. The van der Waals surface area contributed by atoms with E-state index in [-0.39, 0.29) is 21.7 Å². The number of rotatable bonds is 13. The molecule has 22 rings (SSSR count). The largest absolute Gasteiger partial charge is 0.310 e. The molecule has 638 valence electrons. The predicted octanol–water partition coefficient (Wildman–Crippen LogP) is 31.9. The number of hydrogen-bond acceptors (Lipinski definition) is 4. The van der Waals surface area contributed by atoms with Gasteiger partial charge in [0, 0.05) is 77.9 Å². The van der Waals surface area contributed by atoms with E-state index < -0.39 is 6.71 Å². The number of anilines is 6. The van der Waals surface area contributed by atoms with E-state index in [0.717, 1.165) is 184 Å². The quantitative estimate of drug-likeness (QED) is 0.108. The zero-order valence-corrected chi connectivity index (χ0v) is 77.3. The van der Waals surface area contributed by atoms with Crippen LogP contribution in [0.4, 0.5) is 34.1 Å². The summed E-state index contributed by atoms with van der Waals surface area (Å²) in [5, 5.41) is 27.7. The first-order valence-electron chi connectivity index (χ1n) is 46.5. The molecule has 0 amide bonds. The van der Waals surface area contributed by atoms with Gasteiger partial charge in [0.15, 0.2) is 0 Å². The van der Waals surface area contributed by atoms with Gasteiger partial charge in [0.2, 0.25) is 0 Å². The molecule has 0 N–H and O–H groups in total. The van der Waals surface area contributed by atoms with Crippen LogP contribution >= 0.6 is 0 Å². The summed E-state index contributed by atoms with van der Waals surface area (Å²) in [6.45, 7) is 27.7. The third-order valence-electron chi connectivity index (χ3n) is 27.7. The highest BCUT2D eigenvalue weighted by Gasteiger charge is 2.47. The van der Waals surface area contributed by atoms with Crippen molar-refractivity contribution in [2.75, 3.05) is 9.80 Å². The van der Waals surface area contributed by atoms with E-state index in [0.29, 0.717) is 11.1 Å². The number of fused-ring (bicyclic) bond motifs is 10. The molecule has 0 atom stereocenters. The van der Waals surface area contributed by atoms with Gasteiger partial charge >= 0.3 is 0 Å². The van der Waals surface area contributed by atoms with Crippen molar-refractivity contribution in [2.24, 2.45) is 0 Å². The number of aromatic nitrogens is 2. The van der Waals surface area contributed by atoms with Gasteiger partial charge in [-0.25, -0.2) is 0 Å². The average molecular weight is 1710 g/mol. The molecule has 133 heavy (non-hydrogen) atoms. The van der Waals surface area contributed by atoms with E-state index in [1.165, 1.54) is 43.8 Å². The zero-order chi connectivity index (χ0) is 91.1. The molecule has 20 aromatic rings. The first-order valence-corrected chi connectivity index (χ1v) is 46.5. The van der Waals surface area contributed by atoms with Gasteiger partial charge < -0.3 is 18.9 Å². The number of nitrogens with zero attached hydrogens (tertiary/aromatic N) is 6. The fourth-order valence-electron chi connectivity index (χ4n) is 20.8. The maximum absolute atomic E-state index is 11.5. The van der Waals surface area contributed by atoms with Crippen LogP contribution in [0.5, 0.6) is 0 Å². The Kier molecular flexibility index (Phi) is 20.0. The van der Waals surface area contributed by atoms with Crippen LogP contribution < -0.4 is 26.2 Å². The van der Waals surface area contributed by atoms with Crippen LogP contribution in [0.15, 0.2) is 394 Å². The van der Waals surface area contributed by atoms with Crippen LogP contribution in [0, 0.1) is 22.7 Å². The fourth-order valence-corrected chi connectivity index (χ4v) is 20.8. The molecule has 7 heteroatoms. The lowest BCUT2D eigenvalue weighted by atomic mass is 9.33. The minimum atomic E-state index is -0.440. The average Bonchev–Trinajstić information content (AvgIpc) is 1.46. The van der Waals surface area contributed by atoms with E-state index in [2.05, 4.69) is 484 Å². The van der Waals surface area contributed by atoms with Gasteiger partial charge in [-0.3, -0.25) is 0 Å². The molecule has 2 aromatic heterocycles. The van der Waals surface area contributed by atoms with Crippen molar-refractivity contribution in [3.8, 4) is 124 Å². The Morgan fingerprint density at radius 2 is 0.504 bits per heavy atom. The molecule has 0 radical (unpaired) electrons. The first kappa shape index (κ1) is 82.9. The summed E-state index contributed by atoms with van der Waals surface area (Å²) in [5.41, 5.74) is 38.7. The Hall–Kier alpha value is -15.8. The lowest BCUT2D eigenvalue weighted by Crippen LogP contribution is -2.61. The summed E-state index contributed by atoms with van der Waals surface area (Å²) in [6, 6.07) is 152. The van der Waals surface area contributed by atoms with E-state index in [1.54, 1.807) is 0 Å². The standard InChI is InChI=1S/C126H101BN6/c1-123(2,3)94-64-90(65-95(74-94)124(4,5)6)108-70-92(100-48-24-22-42-87(100)78-128)68-106(85-46-34-44-83(62-85)80-36-16-13-17-37-80)121(108)132-116-76-98(130-112-54-30-26-50-102(112)103-51-27-31-55-113(103)130)58-60-110(116)127-111-61-59-99(131-114-56-32-28-52-104(114)105-53-29-33-57-115(105)131)77-117(111)133(119-73-89(72-118(132)120(119)127)82-40-20-15-21-41-82)122-107(86-47-35-45-84(63-86)81-38-18-14-19-39-81)69-93(101-49-25-23-43-88(101)79-129)71-109(122)91-66-96(125(7,8)9)75-97(67-91)126(10,11)12/h13-77H,1-12H3. The lowest BCUT2D eigenvalue weighted by molar-refractivity contribution is 0.568. The number of para-hydroxylation sites is 4. The van der Waals surface area contributed by atoms with Crippen LogP contribution in [0.3, 0.4) is 0 Å². The van der Waals surface area contributed by atoms with E-state index in [4.69, 9.17) is 0 Å². The predicted molar refractivity (Wildman–Crippen MR) is 562 cm³/mol. The highest BCUT2D eigenvalue weighted by molar-refractivity contribution is 7.00. The van der Waals surface area contributed by atoms with Crippen molar-refractivity contribution < 1.29 is 0 Å². The van der Waals surface area contributed by atoms with Gasteiger partial charge in [-0.2, -0.15) is 10.5 Å². The van der Waals surface area contributed by atoms with Gasteiger partial charge in [-0.15, -0.1) is 0 Å². The number of benzene rings is 18. The lowest BCUT2D eigenvalue weighted by Gasteiger charge is -2.46. The Morgan fingerprint density at radius 3 is 0.842 bits per heavy atom. The molecule has 18 aromatic carbocycles. The number of hydrogen-bond donors (Lipinski definition) is 0. The minimum Gasteiger partial charge on any atom is -0.310 e. The van der Waals surface area contributed by atoms with E-state index >= 15 is 0 Å². The van der Waals surface area contributed by atoms with Crippen molar-refractivity contribution in [1.29, 1.82) is 10.5 Å². The van der Waals surface area contributed by atoms with Crippen LogP contribution in [-0.2, 0) is 21.7 Å². The second-order valence-corrected chi connectivity index (χ2v) is 40.3. The van der Waals surface area contributed by atoms with E-state index in [9.17, 15) is 10.5 Å². The Balaban J connectivity index is 0.971. The Bertz CT molecular complexity index is 7580. The molecule has 4 heterocycles. The molecular formula is C126H101BN6. The van der Waals surface area contributed by atoms with Crippen molar-refractivity contribution in [2.45, 2.75) is 105 Å². The van der Waals surface area contributed by atoms with Crippen molar-refractivity contribution >= 4 is 101 Å².